The van der Waals surface area contributed by atoms with Gasteiger partial charge in [-0.25, -0.2) is 0 Å². The van der Waals surface area contributed by atoms with Crippen molar-refractivity contribution in [1.82, 2.24) is 5.32 Å². The van der Waals surface area contributed by atoms with Crippen LogP contribution in [0.5, 0.6) is 17.2 Å². The number of aliphatic hydroxyl groups is 1. The number of rotatable bonds is 5. The van der Waals surface area contributed by atoms with E-state index in [-0.39, 0.29) is 6.04 Å². The minimum Gasteiger partial charge on any atom is -0.496 e. The predicted octanol–water partition coefficient (Wildman–Crippen LogP) is 1.89. The Balaban J connectivity index is 2.36. The number of piperidine rings is 1. The average molecular weight is 281 g/mol. The zero-order valence-corrected chi connectivity index (χ0v) is 12.3. The van der Waals surface area contributed by atoms with Crippen molar-refractivity contribution in [2.75, 3.05) is 27.9 Å². The van der Waals surface area contributed by atoms with Gasteiger partial charge in [0.25, 0.3) is 0 Å². The Morgan fingerprint density at radius 2 is 1.75 bits per heavy atom. The van der Waals surface area contributed by atoms with E-state index < -0.39 is 6.10 Å². The lowest BCUT2D eigenvalue weighted by atomic mass is 9.93. The molecule has 0 bridgehead atoms. The Hall–Kier alpha value is -1.46. The number of ether oxygens (including phenoxy) is 3. The second-order valence-corrected chi connectivity index (χ2v) is 4.95. The van der Waals surface area contributed by atoms with Crippen LogP contribution in [0.2, 0.25) is 0 Å². The topological polar surface area (TPSA) is 60.0 Å². The van der Waals surface area contributed by atoms with Gasteiger partial charge < -0.3 is 24.6 Å². The van der Waals surface area contributed by atoms with Crippen LogP contribution in [0.1, 0.15) is 30.9 Å². The summed E-state index contributed by atoms with van der Waals surface area (Å²) in [7, 11) is 4.75. The molecule has 0 amide bonds. The van der Waals surface area contributed by atoms with E-state index in [0.29, 0.717) is 22.8 Å². The SMILES string of the molecule is COc1cc(OC)c(C(O)C2CCCCN2)c(OC)c1. The van der Waals surface area contributed by atoms with Crippen molar-refractivity contribution in [2.24, 2.45) is 0 Å². The van der Waals surface area contributed by atoms with Crippen LogP contribution in [0.3, 0.4) is 0 Å². The number of benzene rings is 1. The molecular weight excluding hydrogens is 258 g/mol. The van der Waals surface area contributed by atoms with Gasteiger partial charge >= 0.3 is 0 Å². The van der Waals surface area contributed by atoms with Crippen molar-refractivity contribution in [3.8, 4) is 17.2 Å². The summed E-state index contributed by atoms with van der Waals surface area (Å²) in [6.45, 7) is 0.933. The standard InChI is InChI=1S/C15H23NO4/c1-18-10-8-12(19-2)14(13(9-10)20-3)15(17)11-6-4-5-7-16-11/h8-9,11,15-17H,4-7H2,1-3H3. The van der Waals surface area contributed by atoms with Gasteiger partial charge in [-0.2, -0.15) is 0 Å². The van der Waals surface area contributed by atoms with Crippen LogP contribution in [0.15, 0.2) is 12.1 Å². The zero-order chi connectivity index (χ0) is 14.5. The van der Waals surface area contributed by atoms with Crippen molar-refractivity contribution >= 4 is 0 Å². The van der Waals surface area contributed by atoms with Crippen molar-refractivity contribution in [1.29, 1.82) is 0 Å². The van der Waals surface area contributed by atoms with Gasteiger partial charge in [-0.05, 0) is 19.4 Å². The third-order valence-corrected chi connectivity index (χ3v) is 3.78. The largest absolute Gasteiger partial charge is 0.496 e. The maximum atomic E-state index is 10.7. The molecule has 2 unspecified atom stereocenters. The van der Waals surface area contributed by atoms with E-state index in [0.717, 1.165) is 25.8 Å². The minimum absolute atomic E-state index is 0.0277. The van der Waals surface area contributed by atoms with Gasteiger partial charge in [0, 0.05) is 18.2 Å². The molecule has 0 spiro atoms. The second-order valence-electron chi connectivity index (χ2n) is 4.95. The summed E-state index contributed by atoms with van der Waals surface area (Å²) in [5.41, 5.74) is 0.676. The van der Waals surface area contributed by atoms with Crippen molar-refractivity contribution in [2.45, 2.75) is 31.4 Å². The van der Waals surface area contributed by atoms with E-state index in [9.17, 15) is 5.11 Å². The molecule has 2 N–H and O–H groups in total. The van der Waals surface area contributed by atoms with Gasteiger partial charge in [-0.1, -0.05) is 6.42 Å². The summed E-state index contributed by atoms with van der Waals surface area (Å²) in [6.07, 6.45) is 2.56. The number of methoxy groups -OCH3 is 3. The van der Waals surface area contributed by atoms with Crippen LogP contribution in [0.4, 0.5) is 0 Å². The highest BCUT2D eigenvalue weighted by Crippen LogP contribution is 2.40. The molecule has 1 saturated heterocycles. The van der Waals surface area contributed by atoms with Crippen LogP contribution < -0.4 is 19.5 Å². The molecule has 1 fully saturated rings. The molecule has 0 saturated carbocycles. The van der Waals surface area contributed by atoms with E-state index in [1.54, 1.807) is 33.5 Å². The quantitative estimate of drug-likeness (QED) is 0.863. The first-order valence-corrected chi connectivity index (χ1v) is 6.92. The van der Waals surface area contributed by atoms with E-state index in [1.165, 1.54) is 0 Å². The Kier molecular flexibility index (Phi) is 5.09. The Labute approximate surface area is 119 Å². The highest BCUT2D eigenvalue weighted by molar-refractivity contribution is 5.52. The van der Waals surface area contributed by atoms with Gasteiger partial charge in [0.15, 0.2) is 0 Å². The number of hydrogen-bond acceptors (Lipinski definition) is 5. The Morgan fingerprint density at radius 1 is 1.10 bits per heavy atom. The second kappa shape index (κ2) is 6.81. The van der Waals surface area contributed by atoms with Gasteiger partial charge in [0.1, 0.15) is 23.4 Å². The van der Waals surface area contributed by atoms with E-state index in [2.05, 4.69) is 5.32 Å². The molecule has 1 aliphatic rings. The Morgan fingerprint density at radius 3 is 2.20 bits per heavy atom. The molecule has 2 rings (SSSR count). The number of nitrogens with one attached hydrogen (secondary N) is 1. The highest BCUT2D eigenvalue weighted by atomic mass is 16.5. The lowest BCUT2D eigenvalue weighted by molar-refractivity contribution is 0.108. The van der Waals surface area contributed by atoms with Gasteiger partial charge in [-0.15, -0.1) is 0 Å². The zero-order valence-electron chi connectivity index (χ0n) is 12.3. The Bertz CT molecular complexity index is 418. The lowest BCUT2D eigenvalue weighted by Gasteiger charge is -2.30. The third-order valence-electron chi connectivity index (χ3n) is 3.78. The van der Waals surface area contributed by atoms with Gasteiger partial charge in [-0.3, -0.25) is 0 Å². The van der Waals surface area contributed by atoms with Gasteiger partial charge in [0.05, 0.1) is 26.9 Å². The molecule has 2 atom stereocenters. The summed E-state index contributed by atoms with van der Waals surface area (Å²) >= 11 is 0. The molecule has 0 radical (unpaired) electrons. The van der Waals surface area contributed by atoms with E-state index >= 15 is 0 Å². The molecule has 1 aromatic rings. The summed E-state index contributed by atoms with van der Waals surface area (Å²) in [5, 5.41) is 14.0. The van der Waals surface area contributed by atoms with Crippen LogP contribution in [-0.2, 0) is 0 Å². The monoisotopic (exact) mass is 281 g/mol. The van der Waals surface area contributed by atoms with Gasteiger partial charge in [0.2, 0.25) is 0 Å². The summed E-state index contributed by atoms with van der Waals surface area (Å²) in [6, 6.07) is 3.56. The fourth-order valence-electron chi connectivity index (χ4n) is 2.67. The number of hydrogen-bond donors (Lipinski definition) is 2. The van der Waals surface area contributed by atoms with Crippen molar-refractivity contribution in [3.63, 3.8) is 0 Å². The summed E-state index contributed by atoms with van der Waals surface area (Å²) in [5.74, 6) is 1.81. The van der Waals surface area contributed by atoms with E-state index in [1.807, 2.05) is 0 Å². The molecule has 1 aromatic carbocycles. The molecule has 0 aromatic heterocycles. The van der Waals surface area contributed by atoms with Crippen molar-refractivity contribution < 1.29 is 19.3 Å². The fraction of sp³-hybridized carbons (Fsp3) is 0.600. The summed E-state index contributed by atoms with van der Waals surface area (Å²) < 4.78 is 16.0. The fourth-order valence-corrected chi connectivity index (χ4v) is 2.67. The lowest BCUT2D eigenvalue weighted by Crippen LogP contribution is -2.39. The highest BCUT2D eigenvalue weighted by Gasteiger charge is 2.28. The molecule has 1 heterocycles. The molecular formula is C15H23NO4. The first-order valence-electron chi connectivity index (χ1n) is 6.92. The van der Waals surface area contributed by atoms with Crippen LogP contribution in [0.25, 0.3) is 0 Å². The van der Waals surface area contributed by atoms with Crippen LogP contribution in [0, 0.1) is 0 Å². The smallest absolute Gasteiger partial charge is 0.132 e. The maximum absolute atomic E-state index is 10.7. The van der Waals surface area contributed by atoms with E-state index in [4.69, 9.17) is 14.2 Å². The predicted molar refractivity (Wildman–Crippen MR) is 76.7 cm³/mol. The first kappa shape index (κ1) is 14.9. The molecule has 112 valence electrons. The normalized spacial score (nSPS) is 20.3. The number of aliphatic hydroxyl groups excluding tert-OH is 1. The van der Waals surface area contributed by atoms with Crippen LogP contribution in [-0.4, -0.2) is 39.0 Å². The maximum Gasteiger partial charge on any atom is 0.132 e. The molecule has 0 aliphatic carbocycles. The third kappa shape index (κ3) is 2.99. The minimum atomic E-state index is -0.661. The molecule has 20 heavy (non-hydrogen) atoms. The average Bonchev–Trinajstić information content (AvgIpc) is 2.53. The molecule has 1 aliphatic heterocycles. The summed E-state index contributed by atoms with van der Waals surface area (Å²) in [4.78, 5) is 0. The molecule has 5 heteroatoms. The van der Waals surface area contributed by atoms with Crippen molar-refractivity contribution in [3.05, 3.63) is 17.7 Å². The first-order chi connectivity index (χ1) is 9.71. The van der Waals surface area contributed by atoms with Crippen LogP contribution >= 0.6 is 0 Å². The molecule has 5 nitrogen and oxygen atoms in total.